The molecule has 2 nitrogen and oxygen atoms in total. The minimum Gasteiger partial charge on any atom is -0.235 e. The van der Waals surface area contributed by atoms with E-state index in [0.29, 0.717) is 0 Å². The summed E-state index contributed by atoms with van der Waals surface area (Å²) in [4.78, 5) is 0. The van der Waals surface area contributed by atoms with E-state index in [9.17, 15) is 0 Å². The van der Waals surface area contributed by atoms with Crippen LogP contribution in [-0.2, 0) is 13.1 Å². The Hall–Kier alpha value is -1.57. The van der Waals surface area contributed by atoms with Crippen LogP contribution in [0.3, 0.4) is 0 Å². The van der Waals surface area contributed by atoms with E-state index >= 15 is 0 Å². The lowest BCUT2D eigenvalue weighted by atomic mass is 10.2. The molecule has 2 rings (SSSR count). The van der Waals surface area contributed by atoms with Crippen molar-refractivity contribution in [2.24, 2.45) is 0 Å². The Balaban J connectivity index is 2.21. The van der Waals surface area contributed by atoms with Crippen molar-refractivity contribution < 1.29 is 4.57 Å². The minimum atomic E-state index is 0.958. The van der Waals surface area contributed by atoms with E-state index in [-0.39, 0.29) is 0 Å². The van der Waals surface area contributed by atoms with Gasteiger partial charge in [0, 0.05) is 6.92 Å². The molecule has 2 heteroatoms. The molecular formula is C13H17N2+. The van der Waals surface area contributed by atoms with Crippen molar-refractivity contribution in [3.8, 4) is 0 Å². The third-order valence-corrected chi connectivity index (χ3v) is 2.79. The van der Waals surface area contributed by atoms with E-state index in [0.717, 1.165) is 13.1 Å². The smallest absolute Gasteiger partial charge is 0.235 e. The van der Waals surface area contributed by atoms with Gasteiger partial charge in [0.05, 0.1) is 6.54 Å². The van der Waals surface area contributed by atoms with E-state index < -0.39 is 0 Å². The summed E-state index contributed by atoms with van der Waals surface area (Å²) in [6.07, 6.45) is 4.28. The highest BCUT2D eigenvalue weighted by Gasteiger charge is 2.10. The van der Waals surface area contributed by atoms with Crippen molar-refractivity contribution in [2.75, 3.05) is 0 Å². The number of aromatic nitrogens is 2. The number of hydrogen-bond donors (Lipinski definition) is 0. The van der Waals surface area contributed by atoms with Gasteiger partial charge in [-0.15, -0.1) is 0 Å². The second-order valence-corrected chi connectivity index (χ2v) is 3.74. The molecule has 15 heavy (non-hydrogen) atoms. The fourth-order valence-electron chi connectivity index (χ4n) is 1.82. The predicted molar refractivity (Wildman–Crippen MR) is 60.6 cm³/mol. The molecule has 78 valence electrons. The maximum Gasteiger partial charge on any atom is 0.253 e. The van der Waals surface area contributed by atoms with E-state index in [1.807, 2.05) is 0 Å². The molecule has 0 fully saturated rings. The molecule has 0 aliphatic rings. The van der Waals surface area contributed by atoms with Crippen LogP contribution < -0.4 is 4.57 Å². The second kappa shape index (κ2) is 4.30. The molecular weight excluding hydrogens is 184 g/mol. The maximum absolute atomic E-state index is 2.28. The van der Waals surface area contributed by atoms with Gasteiger partial charge < -0.3 is 0 Å². The summed E-state index contributed by atoms with van der Waals surface area (Å²) in [6.45, 7) is 6.32. The summed E-state index contributed by atoms with van der Waals surface area (Å²) in [5, 5.41) is 0. The molecule has 0 unspecified atom stereocenters. The molecule has 0 atom stereocenters. The number of aryl methyl sites for hydroxylation is 1. The molecule has 1 heterocycles. The summed E-state index contributed by atoms with van der Waals surface area (Å²) >= 11 is 0. The van der Waals surface area contributed by atoms with Crippen molar-refractivity contribution in [2.45, 2.75) is 26.9 Å². The zero-order valence-electron chi connectivity index (χ0n) is 9.35. The lowest BCUT2D eigenvalue weighted by Gasteiger charge is -1.99. The van der Waals surface area contributed by atoms with E-state index in [4.69, 9.17) is 0 Å². The van der Waals surface area contributed by atoms with Crippen LogP contribution in [0.25, 0.3) is 0 Å². The molecule has 0 amide bonds. The summed E-state index contributed by atoms with van der Waals surface area (Å²) in [6, 6.07) is 10.5. The highest BCUT2D eigenvalue weighted by molar-refractivity contribution is 5.13. The molecule has 0 saturated carbocycles. The quantitative estimate of drug-likeness (QED) is 0.673. The average molecular weight is 201 g/mol. The third-order valence-electron chi connectivity index (χ3n) is 2.79. The van der Waals surface area contributed by atoms with Gasteiger partial charge in [-0.3, -0.25) is 0 Å². The van der Waals surface area contributed by atoms with Gasteiger partial charge in [0.25, 0.3) is 5.82 Å². The average Bonchev–Trinajstić information content (AvgIpc) is 2.62. The van der Waals surface area contributed by atoms with E-state index in [1.165, 1.54) is 11.4 Å². The van der Waals surface area contributed by atoms with Crippen LogP contribution in [0.4, 0.5) is 0 Å². The molecule has 0 spiro atoms. The fourth-order valence-corrected chi connectivity index (χ4v) is 1.82. The Morgan fingerprint density at radius 2 is 1.93 bits per heavy atom. The Labute approximate surface area is 90.8 Å². The highest BCUT2D eigenvalue weighted by Crippen LogP contribution is 1.99. The highest BCUT2D eigenvalue weighted by atomic mass is 15.1. The van der Waals surface area contributed by atoms with Crippen molar-refractivity contribution in [3.63, 3.8) is 0 Å². The van der Waals surface area contributed by atoms with Gasteiger partial charge in [0.15, 0.2) is 0 Å². The van der Waals surface area contributed by atoms with Crippen LogP contribution in [-0.4, -0.2) is 4.57 Å². The summed E-state index contributed by atoms with van der Waals surface area (Å²) in [7, 11) is 0. The zero-order chi connectivity index (χ0) is 10.7. The van der Waals surface area contributed by atoms with Crippen LogP contribution in [0.5, 0.6) is 0 Å². The van der Waals surface area contributed by atoms with Gasteiger partial charge in [-0.05, 0) is 12.5 Å². The number of benzene rings is 1. The molecule has 0 bridgehead atoms. The number of rotatable bonds is 3. The summed E-state index contributed by atoms with van der Waals surface area (Å²) in [5.74, 6) is 1.31. The first-order chi connectivity index (χ1) is 7.31. The Bertz CT molecular complexity index is 429. The van der Waals surface area contributed by atoms with Crippen LogP contribution >= 0.6 is 0 Å². The van der Waals surface area contributed by atoms with E-state index in [1.54, 1.807) is 0 Å². The molecule has 2 aromatic rings. The lowest BCUT2D eigenvalue weighted by molar-refractivity contribution is -0.694. The Morgan fingerprint density at radius 1 is 1.20 bits per heavy atom. The first-order valence-corrected chi connectivity index (χ1v) is 5.40. The first-order valence-electron chi connectivity index (χ1n) is 5.40. The molecule has 0 radical (unpaired) electrons. The van der Waals surface area contributed by atoms with Gasteiger partial charge in [-0.1, -0.05) is 30.3 Å². The third kappa shape index (κ3) is 2.09. The Kier molecular flexibility index (Phi) is 2.86. The molecule has 1 aromatic heterocycles. The van der Waals surface area contributed by atoms with Crippen molar-refractivity contribution in [1.82, 2.24) is 4.57 Å². The number of imidazole rings is 1. The van der Waals surface area contributed by atoms with Gasteiger partial charge in [0.1, 0.15) is 18.9 Å². The van der Waals surface area contributed by atoms with Gasteiger partial charge in [-0.2, -0.15) is 0 Å². The van der Waals surface area contributed by atoms with Crippen molar-refractivity contribution >= 4 is 0 Å². The van der Waals surface area contributed by atoms with Gasteiger partial charge >= 0.3 is 0 Å². The van der Waals surface area contributed by atoms with Gasteiger partial charge in [0.2, 0.25) is 0 Å². The van der Waals surface area contributed by atoms with Gasteiger partial charge in [-0.25, -0.2) is 9.13 Å². The largest absolute Gasteiger partial charge is 0.253 e. The fraction of sp³-hybridized carbons (Fsp3) is 0.308. The molecule has 0 aliphatic carbocycles. The first kappa shape index (κ1) is 9.97. The lowest BCUT2D eigenvalue weighted by Crippen LogP contribution is -2.36. The second-order valence-electron chi connectivity index (χ2n) is 3.74. The number of nitrogens with zero attached hydrogens (tertiary/aromatic N) is 2. The summed E-state index contributed by atoms with van der Waals surface area (Å²) in [5.41, 5.74) is 1.35. The normalized spacial score (nSPS) is 10.5. The topological polar surface area (TPSA) is 8.81 Å². The standard InChI is InChI=1S/C13H17N2/c1-3-14-9-10-15(12(14)2)11-13-7-5-4-6-8-13/h4-10H,3,11H2,1-2H3/q+1. The monoisotopic (exact) mass is 201 g/mol. The zero-order valence-corrected chi connectivity index (χ0v) is 9.35. The molecule has 1 aromatic carbocycles. The maximum atomic E-state index is 2.28. The number of hydrogen-bond acceptors (Lipinski definition) is 0. The van der Waals surface area contributed by atoms with Crippen molar-refractivity contribution in [3.05, 3.63) is 54.1 Å². The van der Waals surface area contributed by atoms with Crippen molar-refractivity contribution in [1.29, 1.82) is 0 Å². The minimum absolute atomic E-state index is 0.958. The van der Waals surface area contributed by atoms with Crippen LogP contribution in [0.2, 0.25) is 0 Å². The molecule has 0 aliphatic heterocycles. The Morgan fingerprint density at radius 3 is 2.53 bits per heavy atom. The van der Waals surface area contributed by atoms with Crippen LogP contribution in [0, 0.1) is 6.92 Å². The molecule has 0 saturated heterocycles. The van der Waals surface area contributed by atoms with Crippen LogP contribution in [0.1, 0.15) is 18.3 Å². The summed E-state index contributed by atoms with van der Waals surface area (Å²) < 4.78 is 4.53. The predicted octanol–water partition coefficient (Wildman–Crippen LogP) is 2.15. The molecule has 0 N–H and O–H groups in total. The van der Waals surface area contributed by atoms with Crippen LogP contribution in [0.15, 0.2) is 42.7 Å². The SMILES string of the molecule is CCn1cc[n+](Cc2ccccc2)c1C. The van der Waals surface area contributed by atoms with E-state index in [2.05, 4.69) is 65.7 Å².